The van der Waals surface area contributed by atoms with Gasteiger partial charge in [0.05, 0.1) is 11.9 Å². The summed E-state index contributed by atoms with van der Waals surface area (Å²) in [6, 6.07) is 18.8. The number of para-hydroxylation sites is 1. The smallest absolute Gasteiger partial charge is 0.253 e. The largest absolute Gasteiger partial charge is 0.506 e. The molecule has 1 amide bonds. The van der Waals surface area contributed by atoms with Crippen LogP contribution in [0, 0.1) is 6.92 Å². The Hall–Kier alpha value is -3.34. The van der Waals surface area contributed by atoms with Crippen molar-refractivity contribution in [2.75, 3.05) is 13.1 Å². The summed E-state index contributed by atoms with van der Waals surface area (Å²) in [7, 11) is 0. The van der Waals surface area contributed by atoms with Gasteiger partial charge in [0.15, 0.2) is 0 Å². The normalized spacial score (nSPS) is 14.6. The van der Waals surface area contributed by atoms with E-state index in [9.17, 15) is 9.90 Å². The number of aromatic hydroxyl groups is 1. The quantitative estimate of drug-likeness (QED) is 0.717. The highest BCUT2D eigenvalue weighted by Gasteiger charge is 2.25. The summed E-state index contributed by atoms with van der Waals surface area (Å²) in [6.07, 6.45) is 3.18. The van der Waals surface area contributed by atoms with Crippen molar-refractivity contribution in [3.63, 3.8) is 0 Å². The molecule has 1 aliphatic heterocycles. The van der Waals surface area contributed by atoms with Gasteiger partial charge in [-0.05, 0) is 42.8 Å². The van der Waals surface area contributed by atoms with Gasteiger partial charge in [0.1, 0.15) is 17.6 Å². The lowest BCUT2D eigenvalue weighted by atomic mass is 10.0. The van der Waals surface area contributed by atoms with Crippen molar-refractivity contribution in [1.29, 1.82) is 0 Å². The van der Waals surface area contributed by atoms with Gasteiger partial charge in [0, 0.05) is 37.1 Å². The van der Waals surface area contributed by atoms with E-state index in [1.807, 2.05) is 60.4 Å². The van der Waals surface area contributed by atoms with Gasteiger partial charge in [-0.25, -0.2) is 0 Å². The summed E-state index contributed by atoms with van der Waals surface area (Å²) in [6.45, 7) is 3.40. The molecule has 4 rings (SSSR count). The average molecular weight is 388 g/mol. The number of ether oxygens (including phenoxy) is 1. The number of amides is 1. The fourth-order valence-electron chi connectivity index (χ4n) is 3.60. The molecule has 0 spiro atoms. The molecule has 0 aliphatic carbocycles. The van der Waals surface area contributed by atoms with Gasteiger partial charge in [-0.1, -0.05) is 30.3 Å². The van der Waals surface area contributed by atoms with Crippen molar-refractivity contribution in [2.45, 2.75) is 25.9 Å². The van der Waals surface area contributed by atoms with E-state index < -0.39 is 0 Å². The lowest BCUT2D eigenvalue weighted by molar-refractivity contribution is 0.0594. The number of aromatic nitrogens is 1. The molecule has 0 saturated carbocycles. The fourth-order valence-corrected chi connectivity index (χ4v) is 3.60. The molecule has 1 aliphatic rings. The van der Waals surface area contributed by atoms with Crippen molar-refractivity contribution in [1.82, 2.24) is 9.88 Å². The van der Waals surface area contributed by atoms with Crippen LogP contribution in [0.5, 0.6) is 11.5 Å². The molecule has 0 radical (unpaired) electrons. The molecule has 1 aromatic heterocycles. The fraction of sp³-hybridized carbons (Fsp3) is 0.250. The van der Waals surface area contributed by atoms with Crippen LogP contribution >= 0.6 is 0 Å². The van der Waals surface area contributed by atoms with Crippen LogP contribution in [0.3, 0.4) is 0 Å². The maximum atomic E-state index is 13.0. The second kappa shape index (κ2) is 8.35. The molecule has 5 heteroatoms. The number of nitrogens with zero attached hydrogens (tertiary/aromatic N) is 2. The number of aryl methyl sites for hydroxylation is 1. The number of piperidine rings is 1. The van der Waals surface area contributed by atoms with Crippen molar-refractivity contribution >= 4 is 5.91 Å². The number of carbonyl (C=O) groups is 1. The van der Waals surface area contributed by atoms with Crippen LogP contribution in [0.15, 0.2) is 66.9 Å². The Balaban J connectivity index is 1.40. The van der Waals surface area contributed by atoms with E-state index in [0.29, 0.717) is 18.7 Å². The summed E-state index contributed by atoms with van der Waals surface area (Å²) in [5.74, 6) is 1.07. The average Bonchev–Trinajstić information content (AvgIpc) is 2.76. The summed E-state index contributed by atoms with van der Waals surface area (Å²) < 4.78 is 6.14. The molecule has 5 nitrogen and oxygen atoms in total. The van der Waals surface area contributed by atoms with Crippen LogP contribution in [-0.4, -0.2) is 40.1 Å². The van der Waals surface area contributed by atoms with Crippen molar-refractivity contribution in [3.8, 4) is 22.8 Å². The Morgan fingerprint density at radius 2 is 1.86 bits per heavy atom. The molecule has 3 aromatic rings. The first-order valence-corrected chi connectivity index (χ1v) is 9.87. The van der Waals surface area contributed by atoms with E-state index in [1.54, 1.807) is 12.1 Å². The van der Waals surface area contributed by atoms with Crippen LogP contribution in [0.4, 0.5) is 0 Å². The first-order chi connectivity index (χ1) is 14.1. The van der Waals surface area contributed by atoms with E-state index in [-0.39, 0.29) is 17.8 Å². The lowest BCUT2D eigenvalue weighted by Gasteiger charge is -2.32. The summed E-state index contributed by atoms with van der Waals surface area (Å²) >= 11 is 0. The highest BCUT2D eigenvalue weighted by Crippen LogP contribution is 2.24. The minimum Gasteiger partial charge on any atom is -0.506 e. The number of hydrogen-bond acceptors (Lipinski definition) is 4. The molecule has 1 saturated heterocycles. The minimum absolute atomic E-state index is 0.0278. The highest BCUT2D eigenvalue weighted by atomic mass is 16.5. The van der Waals surface area contributed by atoms with Crippen LogP contribution in [0.2, 0.25) is 0 Å². The molecular weight excluding hydrogens is 364 g/mol. The first kappa shape index (κ1) is 19.0. The van der Waals surface area contributed by atoms with Gasteiger partial charge in [0.25, 0.3) is 5.91 Å². The molecule has 2 aromatic carbocycles. The zero-order valence-corrected chi connectivity index (χ0v) is 16.4. The van der Waals surface area contributed by atoms with Gasteiger partial charge in [-0.3, -0.25) is 9.78 Å². The zero-order chi connectivity index (χ0) is 20.2. The standard InChI is InChI=1S/C24H24N2O3/c1-17-5-2-3-8-23(17)29-21-11-13-26(14-12-21)24(28)19-7-4-6-18(15-19)22-10-9-20(27)16-25-22/h2-10,15-16,21,27H,11-14H2,1H3. The summed E-state index contributed by atoms with van der Waals surface area (Å²) in [4.78, 5) is 19.1. The van der Waals surface area contributed by atoms with Gasteiger partial charge >= 0.3 is 0 Å². The second-order valence-electron chi connectivity index (χ2n) is 7.36. The molecule has 0 unspecified atom stereocenters. The predicted molar refractivity (Wildman–Crippen MR) is 112 cm³/mol. The third kappa shape index (κ3) is 4.40. The van der Waals surface area contributed by atoms with Crippen LogP contribution in [-0.2, 0) is 0 Å². The Labute approximate surface area is 170 Å². The number of rotatable bonds is 4. The summed E-state index contributed by atoms with van der Waals surface area (Å²) in [5.41, 5.74) is 3.36. The Bertz CT molecular complexity index is 993. The number of pyridine rings is 1. The Morgan fingerprint density at radius 1 is 1.07 bits per heavy atom. The van der Waals surface area contributed by atoms with Gasteiger partial charge in [-0.15, -0.1) is 0 Å². The van der Waals surface area contributed by atoms with Crippen molar-refractivity contribution < 1.29 is 14.6 Å². The number of benzene rings is 2. The van der Waals surface area contributed by atoms with E-state index in [2.05, 4.69) is 4.98 Å². The first-order valence-electron chi connectivity index (χ1n) is 9.87. The molecule has 29 heavy (non-hydrogen) atoms. The van der Waals surface area contributed by atoms with Crippen molar-refractivity contribution in [2.24, 2.45) is 0 Å². The molecular formula is C24H24N2O3. The number of carbonyl (C=O) groups excluding carboxylic acids is 1. The second-order valence-corrected chi connectivity index (χ2v) is 7.36. The monoisotopic (exact) mass is 388 g/mol. The van der Waals surface area contributed by atoms with Gasteiger partial charge in [-0.2, -0.15) is 0 Å². The summed E-state index contributed by atoms with van der Waals surface area (Å²) in [5, 5.41) is 9.41. The van der Waals surface area contributed by atoms with Crippen LogP contribution < -0.4 is 4.74 Å². The molecule has 1 N–H and O–H groups in total. The lowest BCUT2D eigenvalue weighted by Crippen LogP contribution is -2.41. The SMILES string of the molecule is Cc1ccccc1OC1CCN(C(=O)c2cccc(-c3ccc(O)cn3)c2)CC1. The van der Waals surface area contributed by atoms with E-state index >= 15 is 0 Å². The predicted octanol–water partition coefficient (Wildman–Crippen LogP) is 4.45. The maximum absolute atomic E-state index is 13.0. The third-order valence-corrected chi connectivity index (χ3v) is 5.27. The topological polar surface area (TPSA) is 62.7 Å². The molecule has 1 fully saturated rings. The maximum Gasteiger partial charge on any atom is 0.253 e. The van der Waals surface area contributed by atoms with Crippen LogP contribution in [0.1, 0.15) is 28.8 Å². The third-order valence-electron chi connectivity index (χ3n) is 5.27. The van der Waals surface area contributed by atoms with Crippen molar-refractivity contribution in [3.05, 3.63) is 78.0 Å². The van der Waals surface area contributed by atoms with E-state index in [1.165, 1.54) is 6.20 Å². The molecule has 0 bridgehead atoms. The minimum atomic E-state index is 0.0278. The van der Waals surface area contributed by atoms with Gasteiger partial charge < -0.3 is 14.7 Å². The Kier molecular flexibility index (Phi) is 5.47. The Morgan fingerprint density at radius 3 is 2.59 bits per heavy atom. The van der Waals surface area contributed by atoms with E-state index in [0.717, 1.165) is 35.4 Å². The molecule has 2 heterocycles. The number of hydrogen-bond donors (Lipinski definition) is 1. The van der Waals surface area contributed by atoms with E-state index in [4.69, 9.17) is 4.74 Å². The highest BCUT2D eigenvalue weighted by molar-refractivity contribution is 5.95. The van der Waals surface area contributed by atoms with Crippen LogP contribution in [0.25, 0.3) is 11.3 Å². The van der Waals surface area contributed by atoms with Gasteiger partial charge in [0.2, 0.25) is 0 Å². The molecule has 0 atom stereocenters. The zero-order valence-electron chi connectivity index (χ0n) is 16.4. The number of likely N-dealkylation sites (tertiary alicyclic amines) is 1. The molecule has 148 valence electrons.